The topological polar surface area (TPSA) is 23.5 Å². The van der Waals surface area contributed by atoms with E-state index in [0.717, 1.165) is 18.7 Å². The maximum atomic E-state index is 9.91. The highest BCUT2D eigenvalue weighted by atomic mass is 16.3. The predicted molar refractivity (Wildman–Crippen MR) is 68.4 cm³/mol. The number of nitrogens with zero attached hydrogens (tertiary/aromatic N) is 1. The van der Waals surface area contributed by atoms with Crippen LogP contribution in [0.25, 0.3) is 0 Å². The monoisotopic (exact) mass is 219 g/mol. The van der Waals surface area contributed by atoms with Crippen molar-refractivity contribution >= 4 is 5.69 Å². The first-order valence-corrected chi connectivity index (χ1v) is 6.18. The number of hydrogen-bond donors (Lipinski definition) is 1. The van der Waals surface area contributed by atoms with Gasteiger partial charge < -0.3 is 10.0 Å². The van der Waals surface area contributed by atoms with Crippen LogP contribution in [0.4, 0.5) is 5.69 Å². The molecule has 0 saturated carbocycles. The summed E-state index contributed by atoms with van der Waals surface area (Å²) in [6.45, 7) is 8.64. The van der Waals surface area contributed by atoms with Crippen molar-refractivity contribution in [1.29, 1.82) is 0 Å². The molecule has 1 aromatic carbocycles. The van der Waals surface area contributed by atoms with E-state index >= 15 is 0 Å². The largest absolute Gasteiger partial charge is 0.508 e. The second-order valence-corrected chi connectivity index (χ2v) is 5.05. The second kappa shape index (κ2) is 4.36. The summed E-state index contributed by atoms with van der Waals surface area (Å²) in [4.78, 5) is 2.43. The van der Waals surface area contributed by atoms with Crippen LogP contribution in [-0.4, -0.2) is 18.2 Å². The van der Waals surface area contributed by atoms with Gasteiger partial charge >= 0.3 is 0 Å². The van der Waals surface area contributed by atoms with E-state index in [4.69, 9.17) is 0 Å². The number of aromatic hydroxyl groups is 1. The van der Waals surface area contributed by atoms with Gasteiger partial charge in [0, 0.05) is 18.8 Å². The molecular formula is C14H21NO. The minimum absolute atomic E-state index is 0.377. The van der Waals surface area contributed by atoms with Crippen molar-refractivity contribution in [2.24, 2.45) is 0 Å². The molecule has 0 radical (unpaired) electrons. The van der Waals surface area contributed by atoms with E-state index in [9.17, 15) is 5.11 Å². The van der Waals surface area contributed by atoms with Gasteiger partial charge in [-0.25, -0.2) is 0 Å². The Bertz CT molecular complexity index is 379. The van der Waals surface area contributed by atoms with E-state index in [1.165, 1.54) is 24.1 Å². The first-order valence-electron chi connectivity index (χ1n) is 6.18. The Morgan fingerprint density at radius 2 is 1.81 bits per heavy atom. The maximum absolute atomic E-state index is 9.91. The van der Waals surface area contributed by atoms with Gasteiger partial charge in [-0.15, -0.1) is 0 Å². The van der Waals surface area contributed by atoms with Crippen LogP contribution < -0.4 is 4.90 Å². The predicted octanol–water partition coefficient (Wildman–Crippen LogP) is 3.42. The van der Waals surface area contributed by atoms with Gasteiger partial charge in [-0.1, -0.05) is 13.8 Å². The van der Waals surface area contributed by atoms with Gasteiger partial charge in [0.05, 0.1) is 0 Å². The van der Waals surface area contributed by atoms with E-state index < -0.39 is 0 Å². The molecule has 1 heterocycles. The molecule has 0 aromatic heterocycles. The average molecular weight is 219 g/mol. The maximum Gasteiger partial charge on any atom is 0.119 e. The van der Waals surface area contributed by atoms with E-state index in [-0.39, 0.29) is 0 Å². The Labute approximate surface area is 97.9 Å². The quantitative estimate of drug-likeness (QED) is 0.823. The van der Waals surface area contributed by atoms with E-state index in [1.807, 2.05) is 6.07 Å². The lowest BCUT2D eigenvalue weighted by Crippen LogP contribution is -2.19. The van der Waals surface area contributed by atoms with Gasteiger partial charge in [0.1, 0.15) is 5.75 Å². The van der Waals surface area contributed by atoms with Gasteiger partial charge in [0.15, 0.2) is 0 Å². The minimum atomic E-state index is 0.377. The van der Waals surface area contributed by atoms with Crippen LogP contribution in [0.3, 0.4) is 0 Å². The lowest BCUT2D eigenvalue weighted by Gasteiger charge is -2.22. The van der Waals surface area contributed by atoms with Crippen molar-refractivity contribution in [2.75, 3.05) is 18.0 Å². The van der Waals surface area contributed by atoms with Crippen LogP contribution >= 0.6 is 0 Å². The summed E-state index contributed by atoms with van der Waals surface area (Å²) < 4.78 is 0. The zero-order chi connectivity index (χ0) is 11.7. The summed E-state index contributed by atoms with van der Waals surface area (Å²) in [7, 11) is 0. The van der Waals surface area contributed by atoms with Crippen LogP contribution in [0.2, 0.25) is 0 Å². The summed E-state index contributed by atoms with van der Waals surface area (Å²) in [6.07, 6.45) is 2.58. The molecule has 2 nitrogen and oxygen atoms in total. The molecule has 0 aliphatic carbocycles. The molecule has 16 heavy (non-hydrogen) atoms. The summed E-state index contributed by atoms with van der Waals surface area (Å²) >= 11 is 0. The first kappa shape index (κ1) is 11.3. The number of phenols is 1. The Kier molecular flexibility index (Phi) is 3.08. The molecule has 1 N–H and O–H groups in total. The molecule has 1 fully saturated rings. The lowest BCUT2D eigenvalue weighted by molar-refractivity contribution is 0.464. The summed E-state index contributed by atoms with van der Waals surface area (Å²) in [5.41, 5.74) is 3.55. The number of benzene rings is 1. The van der Waals surface area contributed by atoms with Gasteiger partial charge in [-0.05, 0) is 48.9 Å². The van der Waals surface area contributed by atoms with Crippen molar-refractivity contribution < 1.29 is 5.11 Å². The molecule has 1 aliphatic rings. The van der Waals surface area contributed by atoms with E-state index in [1.54, 1.807) is 0 Å². The molecule has 0 bridgehead atoms. The Morgan fingerprint density at radius 1 is 1.19 bits per heavy atom. The van der Waals surface area contributed by atoms with E-state index in [0.29, 0.717) is 11.7 Å². The highest BCUT2D eigenvalue weighted by molar-refractivity contribution is 5.59. The number of rotatable bonds is 2. The number of aryl methyl sites for hydroxylation is 1. The van der Waals surface area contributed by atoms with Crippen LogP contribution in [0, 0.1) is 6.92 Å². The molecule has 2 heteroatoms. The van der Waals surface area contributed by atoms with Gasteiger partial charge in [-0.2, -0.15) is 0 Å². The van der Waals surface area contributed by atoms with Crippen LogP contribution in [0.5, 0.6) is 5.75 Å². The normalized spacial score (nSPS) is 16.1. The second-order valence-electron chi connectivity index (χ2n) is 5.05. The molecule has 1 aromatic rings. The molecule has 88 valence electrons. The van der Waals surface area contributed by atoms with Crippen molar-refractivity contribution in [3.8, 4) is 5.75 Å². The summed E-state index contributed by atoms with van der Waals surface area (Å²) in [5, 5.41) is 9.91. The Balaban J connectivity index is 2.40. The third kappa shape index (κ3) is 2.01. The lowest BCUT2D eigenvalue weighted by atomic mass is 9.99. The van der Waals surface area contributed by atoms with Crippen molar-refractivity contribution in [3.63, 3.8) is 0 Å². The molecule has 0 atom stereocenters. The fourth-order valence-corrected chi connectivity index (χ4v) is 2.46. The third-order valence-electron chi connectivity index (χ3n) is 3.41. The highest BCUT2D eigenvalue weighted by Crippen LogP contribution is 2.34. The fraction of sp³-hybridized carbons (Fsp3) is 0.571. The smallest absolute Gasteiger partial charge is 0.119 e. The van der Waals surface area contributed by atoms with Crippen molar-refractivity contribution in [1.82, 2.24) is 0 Å². The molecule has 0 unspecified atom stereocenters. The molecular weight excluding hydrogens is 198 g/mol. The minimum Gasteiger partial charge on any atom is -0.508 e. The summed E-state index contributed by atoms with van der Waals surface area (Å²) in [6, 6.07) is 4.07. The zero-order valence-corrected chi connectivity index (χ0v) is 10.5. The zero-order valence-electron chi connectivity index (χ0n) is 10.5. The number of phenolic OH excluding ortho intramolecular Hbond substituents is 1. The number of hydrogen-bond acceptors (Lipinski definition) is 2. The van der Waals surface area contributed by atoms with Gasteiger partial charge in [0.25, 0.3) is 0 Å². The molecule has 1 aliphatic heterocycles. The Morgan fingerprint density at radius 3 is 2.38 bits per heavy atom. The van der Waals surface area contributed by atoms with Crippen LogP contribution in [0.1, 0.15) is 43.7 Å². The van der Waals surface area contributed by atoms with Crippen molar-refractivity contribution in [3.05, 3.63) is 23.3 Å². The fourth-order valence-electron chi connectivity index (χ4n) is 2.46. The average Bonchev–Trinajstić information content (AvgIpc) is 2.70. The molecule has 2 rings (SSSR count). The third-order valence-corrected chi connectivity index (χ3v) is 3.41. The SMILES string of the molecule is Cc1cc(O)c(C(C)C)cc1N1CCCC1. The Hall–Kier alpha value is -1.18. The van der Waals surface area contributed by atoms with Crippen LogP contribution in [0.15, 0.2) is 12.1 Å². The van der Waals surface area contributed by atoms with Crippen molar-refractivity contribution in [2.45, 2.75) is 39.5 Å². The van der Waals surface area contributed by atoms with E-state index in [2.05, 4.69) is 31.7 Å². The molecule has 0 amide bonds. The highest BCUT2D eigenvalue weighted by Gasteiger charge is 2.17. The van der Waals surface area contributed by atoms with Gasteiger partial charge in [-0.3, -0.25) is 0 Å². The summed E-state index contributed by atoms with van der Waals surface area (Å²) in [5.74, 6) is 0.817. The molecule has 0 spiro atoms. The van der Waals surface area contributed by atoms with Crippen LogP contribution in [-0.2, 0) is 0 Å². The van der Waals surface area contributed by atoms with Gasteiger partial charge in [0.2, 0.25) is 0 Å². The first-order chi connectivity index (χ1) is 7.59. The standard InChI is InChI=1S/C14H21NO/c1-10(2)12-9-13(11(3)8-14(12)16)15-6-4-5-7-15/h8-10,16H,4-7H2,1-3H3. The number of anilines is 1. The molecule has 1 saturated heterocycles.